The van der Waals surface area contributed by atoms with Gasteiger partial charge in [-0.15, -0.1) is 0 Å². The van der Waals surface area contributed by atoms with Crippen LogP contribution in [0.15, 0.2) is 70.4 Å². The summed E-state index contributed by atoms with van der Waals surface area (Å²) in [5, 5.41) is 9.31. The normalized spacial score (nSPS) is 20.5. The third-order valence-electron chi connectivity index (χ3n) is 4.20. The minimum Gasteiger partial charge on any atom is -0.480 e. The molecule has 0 radical (unpaired) electrons. The zero-order chi connectivity index (χ0) is 20.8. The molecule has 0 aromatic heterocycles. The van der Waals surface area contributed by atoms with Gasteiger partial charge in [0.05, 0.1) is 4.90 Å². The van der Waals surface area contributed by atoms with Crippen molar-refractivity contribution in [1.29, 1.82) is 0 Å². The van der Waals surface area contributed by atoms with E-state index in [4.69, 9.17) is 0 Å². The molecule has 0 saturated carbocycles. The molecule has 2 rings (SSSR count). The predicted molar refractivity (Wildman–Crippen MR) is 111 cm³/mol. The molecule has 6 nitrogen and oxygen atoms in total. The molecule has 0 fully saturated rings. The van der Waals surface area contributed by atoms with Crippen LogP contribution in [-0.4, -0.2) is 36.6 Å². The molecular weight excluding hydrogens is 376 g/mol. The lowest BCUT2D eigenvalue weighted by Gasteiger charge is -2.25. The van der Waals surface area contributed by atoms with Crippen molar-refractivity contribution in [1.82, 2.24) is 4.31 Å². The number of aliphatic imine (C=N–C) groups is 1. The van der Waals surface area contributed by atoms with Crippen molar-refractivity contribution in [3.05, 3.63) is 66.0 Å². The highest BCUT2D eigenvalue weighted by Crippen LogP contribution is 2.27. The second kappa shape index (κ2) is 9.01. The van der Waals surface area contributed by atoms with E-state index in [2.05, 4.69) is 4.99 Å². The summed E-state index contributed by atoms with van der Waals surface area (Å²) in [6.07, 6.45) is 11.0. The molecule has 0 bridgehead atoms. The van der Waals surface area contributed by atoms with Gasteiger partial charge in [-0.3, -0.25) is 14.1 Å². The van der Waals surface area contributed by atoms with Crippen LogP contribution in [0, 0.1) is 0 Å². The molecule has 0 aliphatic carbocycles. The first-order valence-corrected chi connectivity index (χ1v) is 10.4. The molecule has 0 unspecified atom stereocenters. The fourth-order valence-electron chi connectivity index (χ4n) is 2.65. The molecule has 7 heteroatoms. The van der Waals surface area contributed by atoms with Gasteiger partial charge < -0.3 is 5.11 Å². The molecule has 1 aliphatic heterocycles. The average Bonchev–Trinajstić information content (AvgIpc) is 2.63. The van der Waals surface area contributed by atoms with E-state index in [0.717, 1.165) is 9.87 Å². The lowest BCUT2D eigenvalue weighted by molar-refractivity contribution is -0.136. The van der Waals surface area contributed by atoms with E-state index in [1.807, 2.05) is 26.8 Å². The monoisotopic (exact) mass is 402 g/mol. The van der Waals surface area contributed by atoms with E-state index in [-0.39, 0.29) is 16.7 Å². The van der Waals surface area contributed by atoms with Gasteiger partial charge in [-0.25, -0.2) is 8.42 Å². The van der Waals surface area contributed by atoms with Gasteiger partial charge >= 0.3 is 5.97 Å². The van der Waals surface area contributed by atoms with Crippen LogP contribution >= 0.6 is 0 Å². The fourth-order valence-corrected chi connectivity index (χ4v) is 4.10. The van der Waals surface area contributed by atoms with E-state index in [1.165, 1.54) is 12.1 Å². The van der Waals surface area contributed by atoms with Crippen LogP contribution < -0.4 is 0 Å². The molecule has 0 spiro atoms. The van der Waals surface area contributed by atoms with Gasteiger partial charge in [-0.2, -0.15) is 0 Å². The Kier molecular flexibility index (Phi) is 6.96. The Hall–Kier alpha value is -2.67. The SMILES string of the molecule is CC(C)(C)c1ccc(S(=O)(=O)N(CC(=O)O)/C2=C/C=C\C/C=N\C=C/C2)cc1. The van der Waals surface area contributed by atoms with Gasteiger partial charge in [-0.1, -0.05) is 51.1 Å². The number of carboxylic acids is 1. The number of allylic oxidation sites excluding steroid dienone is 4. The smallest absolute Gasteiger partial charge is 0.324 e. The van der Waals surface area contributed by atoms with Crippen molar-refractivity contribution in [3.63, 3.8) is 0 Å². The highest BCUT2D eigenvalue weighted by Gasteiger charge is 2.28. The average molecular weight is 403 g/mol. The van der Waals surface area contributed by atoms with Gasteiger partial charge in [-0.05, 0) is 29.2 Å². The highest BCUT2D eigenvalue weighted by molar-refractivity contribution is 7.89. The number of sulfonamides is 1. The lowest BCUT2D eigenvalue weighted by Crippen LogP contribution is -2.35. The minimum atomic E-state index is -4.03. The predicted octanol–water partition coefficient (Wildman–Crippen LogP) is 3.88. The van der Waals surface area contributed by atoms with E-state index in [1.54, 1.807) is 42.8 Å². The number of rotatable bonds is 5. The van der Waals surface area contributed by atoms with Gasteiger partial charge in [0.2, 0.25) is 0 Å². The zero-order valence-electron chi connectivity index (χ0n) is 16.4. The maximum Gasteiger partial charge on any atom is 0.324 e. The third-order valence-corrected chi connectivity index (χ3v) is 6.01. The summed E-state index contributed by atoms with van der Waals surface area (Å²) in [7, 11) is -4.03. The molecule has 1 aliphatic rings. The first-order valence-electron chi connectivity index (χ1n) is 9.00. The Morgan fingerprint density at radius 2 is 1.86 bits per heavy atom. The largest absolute Gasteiger partial charge is 0.480 e. The lowest BCUT2D eigenvalue weighted by atomic mass is 9.87. The summed E-state index contributed by atoms with van der Waals surface area (Å²) in [5.41, 5.74) is 1.25. The zero-order valence-corrected chi connectivity index (χ0v) is 17.2. The van der Waals surface area contributed by atoms with Crippen LogP contribution in [-0.2, 0) is 20.2 Å². The Labute approximate surface area is 166 Å². The van der Waals surface area contributed by atoms with Crippen molar-refractivity contribution < 1.29 is 18.3 Å². The van der Waals surface area contributed by atoms with Gasteiger partial charge in [0.1, 0.15) is 6.54 Å². The summed E-state index contributed by atoms with van der Waals surface area (Å²) in [6.45, 7) is 5.47. The summed E-state index contributed by atoms with van der Waals surface area (Å²) < 4.78 is 27.4. The van der Waals surface area contributed by atoms with Crippen LogP contribution in [0.3, 0.4) is 0 Å². The van der Waals surface area contributed by atoms with Gasteiger partial charge in [0.15, 0.2) is 0 Å². The van der Waals surface area contributed by atoms with Crippen LogP contribution in [0.5, 0.6) is 0 Å². The minimum absolute atomic E-state index is 0.0609. The maximum atomic E-state index is 13.2. The first kappa shape index (κ1) is 21.6. The van der Waals surface area contributed by atoms with Crippen LogP contribution in [0.4, 0.5) is 0 Å². The number of aliphatic carboxylic acids is 1. The molecule has 1 aromatic rings. The Morgan fingerprint density at radius 3 is 2.46 bits per heavy atom. The molecule has 0 saturated heterocycles. The van der Waals surface area contributed by atoms with Crippen LogP contribution in [0.2, 0.25) is 0 Å². The Morgan fingerprint density at radius 1 is 1.18 bits per heavy atom. The quantitative estimate of drug-likeness (QED) is 0.810. The molecule has 1 aromatic carbocycles. The fraction of sp³-hybridized carbons (Fsp3) is 0.333. The topological polar surface area (TPSA) is 87.0 Å². The van der Waals surface area contributed by atoms with Crippen LogP contribution in [0.25, 0.3) is 0 Å². The standard InChI is InChI=1S/C21H26N2O4S/c1-21(2,3)17-10-12-19(13-11-17)28(26,27)23(16-20(24)25)18-8-5-4-6-14-22-15-7-9-18/h4-5,7-8,10-15H,6,9,16H2,1-3H3,(H,24,25)/b5-4-,15-7-,18-8+,22-14-. The summed E-state index contributed by atoms with van der Waals surface area (Å²) in [5.74, 6) is -1.22. The molecule has 0 atom stereocenters. The molecule has 28 heavy (non-hydrogen) atoms. The number of benzene rings is 1. The van der Waals surface area contributed by atoms with Crippen molar-refractivity contribution in [3.8, 4) is 0 Å². The summed E-state index contributed by atoms with van der Waals surface area (Å²) in [4.78, 5) is 15.5. The van der Waals surface area contributed by atoms with Crippen molar-refractivity contribution in [2.24, 2.45) is 4.99 Å². The van der Waals surface area contributed by atoms with Crippen molar-refractivity contribution in [2.75, 3.05) is 6.54 Å². The number of carbonyl (C=O) groups is 1. The van der Waals surface area contributed by atoms with Crippen molar-refractivity contribution >= 4 is 22.2 Å². The third kappa shape index (κ3) is 5.66. The second-order valence-electron chi connectivity index (χ2n) is 7.42. The molecular formula is C21H26N2O4S. The van der Waals surface area contributed by atoms with E-state index in [0.29, 0.717) is 12.1 Å². The number of carboxylic acid groups (broad SMARTS) is 1. The van der Waals surface area contributed by atoms with Gasteiger partial charge in [0.25, 0.3) is 10.0 Å². The first-order chi connectivity index (χ1) is 13.1. The molecule has 1 N–H and O–H groups in total. The molecule has 1 heterocycles. The van der Waals surface area contributed by atoms with Crippen molar-refractivity contribution in [2.45, 2.75) is 43.9 Å². The summed E-state index contributed by atoms with van der Waals surface area (Å²) >= 11 is 0. The van der Waals surface area contributed by atoms with Crippen LogP contribution in [0.1, 0.15) is 39.2 Å². The second-order valence-corrected chi connectivity index (χ2v) is 9.28. The number of nitrogens with zero attached hydrogens (tertiary/aromatic N) is 2. The number of hydrogen-bond acceptors (Lipinski definition) is 4. The molecule has 150 valence electrons. The van der Waals surface area contributed by atoms with E-state index in [9.17, 15) is 18.3 Å². The number of hydrogen-bond donors (Lipinski definition) is 1. The Balaban J connectivity index is 2.46. The summed E-state index contributed by atoms with van der Waals surface area (Å²) in [6, 6.07) is 6.59. The van der Waals surface area contributed by atoms with E-state index < -0.39 is 22.5 Å². The van der Waals surface area contributed by atoms with E-state index >= 15 is 0 Å². The maximum absolute atomic E-state index is 13.2. The Bertz CT molecular complexity index is 918. The van der Waals surface area contributed by atoms with Gasteiger partial charge in [0, 0.05) is 31.0 Å². The molecule has 0 amide bonds. The highest BCUT2D eigenvalue weighted by atomic mass is 32.2.